The minimum Gasteiger partial charge on any atom is -0.368 e. The van der Waals surface area contributed by atoms with Crippen molar-refractivity contribution in [1.29, 1.82) is 5.26 Å². The van der Waals surface area contributed by atoms with Crippen LogP contribution in [0.1, 0.15) is 15.9 Å². The largest absolute Gasteiger partial charge is 0.368 e. The standard InChI is InChI=1S/C10H9N3O2/c11-5-7-1-3-8(4-2-7)10(15)13-6-9(12)14/h1-4H,6H2,(H2,12,14)(H,13,15). The second kappa shape index (κ2) is 4.77. The summed E-state index contributed by atoms with van der Waals surface area (Å²) in [6.07, 6.45) is 0. The summed E-state index contributed by atoms with van der Waals surface area (Å²) in [6.45, 7) is -0.196. The molecule has 0 atom stereocenters. The second-order valence-corrected chi connectivity index (χ2v) is 2.84. The molecule has 0 aliphatic heterocycles. The molecular formula is C10H9N3O2. The second-order valence-electron chi connectivity index (χ2n) is 2.84. The highest BCUT2D eigenvalue weighted by atomic mass is 16.2. The lowest BCUT2D eigenvalue weighted by Gasteiger charge is -2.01. The van der Waals surface area contributed by atoms with Gasteiger partial charge in [-0.2, -0.15) is 5.26 Å². The number of carbonyl (C=O) groups is 2. The van der Waals surface area contributed by atoms with E-state index in [4.69, 9.17) is 11.0 Å². The molecule has 0 spiro atoms. The summed E-state index contributed by atoms with van der Waals surface area (Å²) in [6, 6.07) is 8.01. The molecular weight excluding hydrogens is 194 g/mol. The van der Waals surface area contributed by atoms with Gasteiger partial charge in [-0.3, -0.25) is 9.59 Å². The maximum absolute atomic E-state index is 11.3. The van der Waals surface area contributed by atoms with Gasteiger partial charge >= 0.3 is 0 Å². The van der Waals surface area contributed by atoms with Crippen molar-refractivity contribution in [1.82, 2.24) is 5.32 Å². The minimum absolute atomic E-state index is 0.196. The zero-order valence-electron chi connectivity index (χ0n) is 7.86. The molecule has 15 heavy (non-hydrogen) atoms. The third kappa shape index (κ3) is 3.12. The first-order valence-corrected chi connectivity index (χ1v) is 4.20. The molecule has 1 rings (SSSR count). The van der Waals surface area contributed by atoms with Crippen LogP contribution in [0.5, 0.6) is 0 Å². The van der Waals surface area contributed by atoms with Crippen molar-refractivity contribution in [3.8, 4) is 6.07 Å². The lowest BCUT2D eigenvalue weighted by molar-refractivity contribution is -0.117. The number of nitrogens with one attached hydrogen (secondary N) is 1. The predicted molar refractivity (Wildman–Crippen MR) is 52.7 cm³/mol. The van der Waals surface area contributed by atoms with Gasteiger partial charge in [-0.25, -0.2) is 0 Å². The van der Waals surface area contributed by atoms with Crippen LogP contribution in [0.2, 0.25) is 0 Å². The Morgan fingerprint density at radius 1 is 1.33 bits per heavy atom. The SMILES string of the molecule is N#Cc1ccc(C(=O)NCC(N)=O)cc1. The van der Waals surface area contributed by atoms with Crippen LogP contribution < -0.4 is 11.1 Å². The number of benzene rings is 1. The van der Waals surface area contributed by atoms with Crippen LogP contribution in [0.25, 0.3) is 0 Å². The van der Waals surface area contributed by atoms with Crippen LogP contribution in [0, 0.1) is 11.3 Å². The van der Waals surface area contributed by atoms with E-state index in [9.17, 15) is 9.59 Å². The topological polar surface area (TPSA) is 96.0 Å². The first-order valence-electron chi connectivity index (χ1n) is 4.20. The normalized spacial score (nSPS) is 9.00. The fraction of sp³-hybridized carbons (Fsp3) is 0.100. The van der Waals surface area contributed by atoms with Crippen molar-refractivity contribution < 1.29 is 9.59 Å². The summed E-state index contributed by atoms with van der Waals surface area (Å²) < 4.78 is 0. The number of nitriles is 1. The Hall–Kier alpha value is -2.35. The number of carbonyl (C=O) groups excluding carboxylic acids is 2. The number of rotatable bonds is 3. The first kappa shape index (κ1) is 10.7. The maximum atomic E-state index is 11.3. The smallest absolute Gasteiger partial charge is 0.251 e. The van der Waals surface area contributed by atoms with Gasteiger partial charge in [0.25, 0.3) is 5.91 Å². The van der Waals surface area contributed by atoms with Gasteiger partial charge in [0.1, 0.15) is 0 Å². The molecule has 0 radical (unpaired) electrons. The third-order valence-electron chi connectivity index (χ3n) is 1.70. The van der Waals surface area contributed by atoms with E-state index in [2.05, 4.69) is 5.32 Å². The van der Waals surface area contributed by atoms with E-state index in [1.165, 1.54) is 24.3 Å². The van der Waals surface area contributed by atoms with E-state index in [-0.39, 0.29) is 6.54 Å². The number of nitrogens with two attached hydrogens (primary N) is 1. The van der Waals surface area contributed by atoms with Crippen molar-refractivity contribution in [2.45, 2.75) is 0 Å². The van der Waals surface area contributed by atoms with Gasteiger partial charge in [0.2, 0.25) is 5.91 Å². The summed E-state index contributed by atoms with van der Waals surface area (Å²) >= 11 is 0. The molecule has 5 nitrogen and oxygen atoms in total. The van der Waals surface area contributed by atoms with E-state index in [0.717, 1.165) is 0 Å². The number of primary amides is 1. The van der Waals surface area contributed by atoms with Gasteiger partial charge in [0, 0.05) is 5.56 Å². The molecule has 0 saturated heterocycles. The number of nitrogens with zero attached hydrogens (tertiary/aromatic N) is 1. The predicted octanol–water partition coefficient (Wildman–Crippen LogP) is -0.227. The lowest BCUT2D eigenvalue weighted by Crippen LogP contribution is -2.33. The molecule has 0 bridgehead atoms. The van der Waals surface area contributed by atoms with Crippen molar-refractivity contribution in [2.75, 3.05) is 6.54 Å². The Labute approximate surface area is 86.5 Å². The fourth-order valence-corrected chi connectivity index (χ4v) is 0.966. The van der Waals surface area contributed by atoms with E-state index >= 15 is 0 Å². The zero-order valence-corrected chi connectivity index (χ0v) is 7.86. The van der Waals surface area contributed by atoms with Crippen LogP contribution >= 0.6 is 0 Å². The van der Waals surface area contributed by atoms with Crippen molar-refractivity contribution in [3.05, 3.63) is 35.4 Å². The van der Waals surface area contributed by atoms with Crippen molar-refractivity contribution in [2.24, 2.45) is 5.73 Å². The highest BCUT2D eigenvalue weighted by molar-refractivity contribution is 5.96. The molecule has 1 aromatic carbocycles. The van der Waals surface area contributed by atoms with Crippen LogP contribution in [-0.4, -0.2) is 18.4 Å². The Morgan fingerprint density at radius 2 is 1.93 bits per heavy atom. The molecule has 5 heteroatoms. The lowest BCUT2D eigenvalue weighted by atomic mass is 10.1. The third-order valence-corrected chi connectivity index (χ3v) is 1.70. The van der Waals surface area contributed by atoms with Crippen LogP contribution in [0.4, 0.5) is 0 Å². The number of amides is 2. The quantitative estimate of drug-likeness (QED) is 0.710. The highest BCUT2D eigenvalue weighted by Crippen LogP contribution is 2.02. The Bertz CT molecular complexity index is 417. The van der Waals surface area contributed by atoms with E-state index in [0.29, 0.717) is 11.1 Å². The van der Waals surface area contributed by atoms with Gasteiger partial charge < -0.3 is 11.1 Å². The summed E-state index contributed by atoms with van der Waals surface area (Å²) in [5.41, 5.74) is 5.73. The minimum atomic E-state index is -0.600. The van der Waals surface area contributed by atoms with Gasteiger partial charge in [0.05, 0.1) is 18.2 Å². The van der Waals surface area contributed by atoms with Gasteiger partial charge in [-0.15, -0.1) is 0 Å². The van der Waals surface area contributed by atoms with Crippen LogP contribution in [0.15, 0.2) is 24.3 Å². The molecule has 0 aliphatic rings. The Kier molecular flexibility index (Phi) is 3.41. The van der Waals surface area contributed by atoms with E-state index in [1.54, 1.807) is 0 Å². The van der Waals surface area contributed by atoms with Gasteiger partial charge in [0.15, 0.2) is 0 Å². The first-order chi connectivity index (χ1) is 7.13. The molecule has 2 amide bonds. The highest BCUT2D eigenvalue weighted by Gasteiger charge is 2.05. The summed E-state index contributed by atoms with van der Waals surface area (Å²) in [7, 11) is 0. The van der Waals surface area contributed by atoms with Crippen LogP contribution in [0.3, 0.4) is 0 Å². The Morgan fingerprint density at radius 3 is 2.40 bits per heavy atom. The molecule has 0 unspecified atom stereocenters. The molecule has 1 aromatic rings. The van der Waals surface area contributed by atoms with E-state index in [1.807, 2.05) is 6.07 Å². The molecule has 0 fully saturated rings. The zero-order chi connectivity index (χ0) is 11.3. The molecule has 0 aromatic heterocycles. The average molecular weight is 203 g/mol. The molecule has 3 N–H and O–H groups in total. The van der Waals surface area contributed by atoms with E-state index < -0.39 is 11.8 Å². The van der Waals surface area contributed by atoms with Gasteiger partial charge in [-0.05, 0) is 24.3 Å². The maximum Gasteiger partial charge on any atom is 0.251 e. The van der Waals surface area contributed by atoms with Crippen molar-refractivity contribution in [3.63, 3.8) is 0 Å². The van der Waals surface area contributed by atoms with Crippen LogP contribution in [-0.2, 0) is 4.79 Å². The summed E-state index contributed by atoms with van der Waals surface area (Å²) in [4.78, 5) is 21.7. The Balaban J connectivity index is 2.67. The number of hydrogen-bond acceptors (Lipinski definition) is 3. The summed E-state index contributed by atoms with van der Waals surface area (Å²) in [5, 5.41) is 10.9. The molecule has 0 saturated carbocycles. The monoisotopic (exact) mass is 203 g/mol. The number of hydrogen-bond donors (Lipinski definition) is 2. The molecule has 76 valence electrons. The molecule has 0 aliphatic carbocycles. The molecule has 0 heterocycles. The van der Waals surface area contributed by atoms with Crippen molar-refractivity contribution >= 4 is 11.8 Å². The fourth-order valence-electron chi connectivity index (χ4n) is 0.966. The van der Waals surface area contributed by atoms with Gasteiger partial charge in [-0.1, -0.05) is 0 Å². The summed E-state index contributed by atoms with van der Waals surface area (Å²) in [5.74, 6) is -0.990. The average Bonchev–Trinajstić information content (AvgIpc) is 2.26.